The number of aliphatic hydroxyl groups is 1. The lowest BCUT2D eigenvalue weighted by molar-refractivity contribution is 0.226. The van der Waals surface area contributed by atoms with Crippen LogP contribution in [0.5, 0.6) is 0 Å². The second kappa shape index (κ2) is 7.20. The Bertz CT molecular complexity index is 158. The summed E-state index contributed by atoms with van der Waals surface area (Å²) in [4.78, 5) is 2.54. The van der Waals surface area contributed by atoms with Gasteiger partial charge in [-0.2, -0.15) is 0 Å². The molecule has 0 amide bonds. The van der Waals surface area contributed by atoms with Crippen LogP contribution in [0.3, 0.4) is 0 Å². The van der Waals surface area contributed by atoms with Crippen LogP contribution >= 0.6 is 0 Å². The van der Waals surface area contributed by atoms with E-state index in [1.54, 1.807) is 0 Å². The maximum atomic E-state index is 8.98. The van der Waals surface area contributed by atoms with Crippen molar-refractivity contribution in [3.05, 3.63) is 0 Å². The molecule has 2 N–H and O–H groups in total. The fraction of sp³-hybridized carbons (Fsp3) is 1.00. The van der Waals surface area contributed by atoms with Crippen molar-refractivity contribution in [2.45, 2.75) is 39.2 Å². The fourth-order valence-corrected chi connectivity index (χ4v) is 2.43. The standard InChI is InChI=1S/C12H26N2O/c1-3-11-5-7-14(9-11)10-12(6-8-15)13-4-2/h11-13,15H,3-10H2,1-2H3. The van der Waals surface area contributed by atoms with Crippen molar-refractivity contribution in [2.24, 2.45) is 5.92 Å². The smallest absolute Gasteiger partial charge is 0.0446 e. The minimum atomic E-state index is 0.294. The van der Waals surface area contributed by atoms with Crippen molar-refractivity contribution >= 4 is 0 Å². The molecule has 0 aromatic rings. The average Bonchev–Trinajstić information content (AvgIpc) is 2.66. The molecule has 0 aromatic heterocycles. The predicted molar refractivity (Wildman–Crippen MR) is 64.0 cm³/mol. The summed E-state index contributed by atoms with van der Waals surface area (Å²) in [6.07, 6.45) is 3.54. The van der Waals surface area contributed by atoms with Gasteiger partial charge < -0.3 is 15.3 Å². The van der Waals surface area contributed by atoms with Gasteiger partial charge in [-0.1, -0.05) is 20.3 Å². The van der Waals surface area contributed by atoms with Crippen LogP contribution < -0.4 is 5.32 Å². The Morgan fingerprint density at radius 3 is 2.80 bits per heavy atom. The Morgan fingerprint density at radius 2 is 2.27 bits per heavy atom. The van der Waals surface area contributed by atoms with E-state index in [1.807, 2.05) is 0 Å². The molecule has 3 nitrogen and oxygen atoms in total. The number of aliphatic hydroxyl groups excluding tert-OH is 1. The van der Waals surface area contributed by atoms with Crippen molar-refractivity contribution in [3.8, 4) is 0 Å². The fourth-order valence-electron chi connectivity index (χ4n) is 2.43. The molecule has 0 spiro atoms. The highest BCUT2D eigenvalue weighted by Gasteiger charge is 2.22. The van der Waals surface area contributed by atoms with Crippen molar-refractivity contribution in [1.82, 2.24) is 10.2 Å². The van der Waals surface area contributed by atoms with Crippen molar-refractivity contribution in [3.63, 3.8) is 0 Å². The van der Waals surface area contributed by atoms with Gasteiger partial charge in [0.15, 0.2) is 0 Å². The zero-order valence-electron chi connectivity index (χ0n) is 10.2. The minimum Gasteiger partial charge on any atom is -0.396 e. The molecule has 1 rings (SSSR count). The first kappa shape index (κ1) is 12.9. The first-order valence-electron chi connectivity index (χ1n) is 6.36. The third kappa shape index (κ3) is 4.49. The van der Waals surface area contributed by atoms with E-state index in [0.29, 0.717) is 12.6 Å². The summed E-state index contributed by atoms with van der Waals surface area (Å²) >= 11 is 0. The zero-order valence-corrected chi connectivity index (χ0v) is 10.2. The molecule has 90 valence electrons. The molecule has 1 aliphatic heterocycles. The third-order valence-electron chi connectivity index (χ3n) is 3.40. The zero-order chi connectivity index (χ0) is 11.1. The molecule has 0 saturated carbocycles. The van der Waals surface area contributed by atoms with Crippen LogP contribution in [0.15, 0.2) is 0 Å². The van der Waals surface area contributed by atoms with Gasteiger partial charge in [0.2, 0.25) is 0 Å². The van der Waals surface area contributed by atoms with Gasteiger partial charge >= 0.3 is 0 Å². The van der Waals surface area contributed by atoms with Crippen LogP contribution in [0.25, 0.3) is 0 Å². The van der Waals surface area contributed by atoms with Crippen LogP contribution in [-0.4, -0.2) is 48.8 Å². The molecule has 1 saturated heterocycles. The largest absolute Gasteiger partial charge is 0.396 e. The Morgan fingerprint density at radius 1 is 1.47 bits per heavy atom. The molecule has 1 fully saturated rings. The maximum absolute atomic E-state index is 8.98. The quantitative estimate of drug-likeness (QED) is 0.665. The first-order valence-corrected chi connectivity index (χ1v) is 6.36. The summed E-state index contributed by atoms with van der Waals surface area (Å²) in [5, 5.41) is 12.4. The number of rotatable bonds is 7. The highest BCUT2D eigenvalue weighted by atomic mass is 16.3. The van der Waals surface area contributed by atoms with Crippen molar-refractivity contribution < 1.29 is 5.11 Å². The molecule has 2 unspecified atom stereocenters. The summed E-state index contributed by atoms with van der Waals surface area (Å²) in [6, 6.07) is 0.468. The van der Waals surface area contributed by atoms with Gasteiger partial charge in [-0.05, 0) is 31.8 Å². The monoisotopic (exact) mass is 214 g/mol. The number of hydrogen-bond donors (Lipinski definition) is 2. The first-order chi connectivity index (χ1) is 7.30. The molecular weight excluding hydrogens is 188 g/mol. The van der Waals surface area contributed by atoms with Gasteiger partial charge in [-0.25, -0.2) is 0 Å². The second-order valence-electron chi connectivity index (χ2n) is 4.59. The molecule has 1 aliphatic rings. The van der Waals surface area contributed by atoms with Gasteiger partial charge in [0.25, 0.3) is 0 Å². The Kier molecular flexibility index (Phi) is 6.22. The molecule has 3 heteroatoms. The lowest BCUT2D eigenvalue weighted by atomic mass is 10.1. The number of likely N-dealkylation sites (N-methyl/N-ethyl adjacent to an activating group) is 1. The van der Waals surface area contributed by atoms with Crippen LogP contribution in [0.4, 0.5) is 0 Å². The van der Waals surface area contributed by atoms with Gasteiger partial charge in [0.05, 0.1) is 0 Å². The van der Waals surface area contributed by atoms with E-state index in [2.05, 4.69) is 24.1 Å². The summed E-state index contributed by atoms with van der Waals surface area (Å²) in [5.74, 6) is 0.904. The Labute approximate surface area is 93.9 Å². The topological polar surface area (TPSA) is 35.5 Å². The van der Waals surface area contributed by atoms with E-state index in [1.165, 1.54) is 25.9 Å². The molecule has 0 radical (unpaired) electrons. The number of nitrogens with zero attached hydrogens (tertiary/aromatic N) is 1. The third-order valence-corrected chi connectivity index (χ3v) is 3.40. The van der Waals surface area contributed by atoms with Crippen LogP contribution in [0.1, 0.15) is 33.1 Å². The summed E-state index contributed by atoms with van der Waals surface area (Å²) in [7, 11) is 0. The van der Waals surface area contributed by atoms with E-state index < -0.39 is 0 Å². The molecule has 0 aliphatic carbocycles. The van der Waals surface area contributed by atoms with Crippen LogP contribution in [0.2, 0.25) is 0 Å². The van der Waals surface area contributed by atoms with Crippen molar-refractivity contribution in [1.29, 1.82) is 0 Å². The van der Waals surface area contributed by atoms with E-state index in [9.17, 15) is 0 Å². The Balaban J connectivity index is 2.25. The van der Waals surface area contributed by atoms with E-state index in [-0.39, 0.29) is 0 Å². The average molecular weight is 214 g/mol. The van der Waals surface area contributed by atoms with Gasteiger partial charge in [0, 0.05) is 25.7 Å². The summed E-state index contributed by atoms with van der Waals surface area (Å²) < 4.78 is 0. The van der Waals surface area contributed by atoms with Gasteiger partial charge in [-0.3, -0.25) is 0 Å². The number of nitrogens with one attached hydrogen (secondary N) is 1. The highest BCUT2D eigenvalue weighted by Crippen LogP contribution is 2.19. The SMILES string of the molecule is CCNC(CCO)CN1CCC(CC)C1. The Hall–Kier alpha value is -0.120. The van der Waals surface area contributed by atoms with Crippen LogP contribution in [0, 0.1) is 5.92 Å². The van der Waals surface area contributed by atoms with Gasteiger partial charge in [-0.15, -0.1) is 0 Å². The molecule has 1 heterocycles. The van der Waals surface area contributed by atoms with Crippen LogP contribution in [-0.2, 0) is 0 Å². The molecule has 0 aromatic carbocycles. The predicted octanol–water partition coefficient (Wildman–Crippen LogP) is 1.08. The number of hydrogen-bond acceptors (Lipinski definition) is 3. The summed E-state index contributed by atoms with van der Waals surface area (Å²) in [6.45, 7) is 9.30. The molecule has 15 heavy (non-hydrogen) atoms. The summed E-state index contributed by atoms with van der Waals surface area (Å²) in [5.41, 5.74) is 0. The van der Waals surface area contributed by atoms with Crippen molar-refractivity contribution in [2.75, 3.05) is 32.8 Å². The van der Waals surface area contributed by atoms with Gasteiger partial charge in [0.1, 0.15) is 0 Å². The molecular formula is C12H26N2O. The minimum absolute atomic E-state index is 0.294. The normalized spacial score (nSPS) is 24.6. The highest BCUT2D eigenvalue weighted by molar-refractivity contribution is 4.79. The second-order valence-corrected chi connectivity index (χ2v) is 4.59. The lowest BCUT2D eigenvalue weighted by Crippen LogP contribution is -2.40. The van der Waals surface area contributed by atoms with E-state index in [0.717, 1.165) is 25.4 Å². The molecule has 0 bridgehead atoms. The maximum Gasteiger partial charge on any atom is 0.0446 e. The van der Waals surface area contributed by atoms with E-state index in [4.69, 9.17) is 5.11 Å². The number of likely N-dealkylation sites (tertiary alicyclic amines) is 1. The molecule has 2 atom stereocenters. The van der Waals surface area contributed by atoms with E-state index >= 15 is 0 Å². The lowest BCUT2D eigenvalue weighted by Gasteiger charge is -2.23.